The Hall–Kier alpha value is -3.37. The van der Waals surface area contributed by atoms with Crippen LogP contribution in [0.1, 0.15) is 42.7 Å². The van der Waals surface area contributed by atoms with E-state index in [1.54, 1.807) is 25.7 Å². The Morgan fingerprint density at radius 1 is 1.06 bits per heavy atom. The molecular formula is C21H23F3N4O4. The van der Waals surface area contributed by atoms with Gasteiger partial charge in [0.05, 0.1) is 25.5 Å². The Labute approximate surface area is 182 Å². The van der Waals surface area contributed by atoms with Crippen LogP contribution < -0.4 is 10.2 Å². The van der Waals surface area contributed by atoms with Crippen LogP contribution >= 0.6 is 0 Å². The van der Waals surface area contributed by atoms with Crippen molar-refractivity contribution < 1.29 is 32.2 Å². The fraction of sp³-hybridized carbons (Fsp3) is 0.429. The smallest absolute Gasteiger partial charge is 0.407 e. The van der Waals surface area contributed by atoms with Crippen molar-refractivity contribution in [2.45, 2.75) is 38.3 Å². The van der Waals surface area contributed by atoms with E-state index in [9.17, 15) is 22.8 Å². The molecule has 0 aliphatic carbocycles. The molecular weight excluding hydrogens is 429 g/mol. The average molecular weight is 452 g/mol. The number of halogens is 3. The number of aromatic nitrogens is 2. The first-order valence-electron chi connectivity index (χ1n) is 9.77. The number of esters is 1. The van der Waals surface area contributed by atoms with Crippen molar-refractivity contribution in [3.63, 3.8) is 0 Å². The van der Waals surface area contributed by atoms with E-state index in [2.05, 4.69) is 20.0 Å². The van der Waals surface area contributed by atoms with Gasteiger partial charge in [-0.25, -0.2) is 32.7 Å². The van der Waals surface area contributed by atoms with Gasteiger partial charge in [-0.2, -0.15) is 0 Å². The summed E-state index contributed by atoms with van der Waals surface area (Å²) in [6.45, 7) is 5.36. The summed E-state index contributed by atoms with van der Waals surface area (Å²) in [6, 6.07) is 0.559. The number of carbonyl (C=O) groups excluding carboxylic acids is 2. The summed E-state index contributed by atoms with van der Waals surface area (Å²) in [7, 11) is 1.21. The highest BCUT2D eigenvalue weighted by atomic mass is 19.2. The molecule has 3 rings (SSSR count). The van der Waals surface area contributed by atoms with E-state index in [4.69, 9.17) is 4.74 Å². The van der Waals surface area contributed by atoms with Crippen molar-refractivity contribution in [2.75, 3.05) is 25.1 Å². The number of alkyl carbamates (subject to hydrolysis) is 1. The largest absolute Gasteiger partial charge is 0.464 e. The van der Waals surface area contributed by atoms with Crippen LogP contribution in [-0.4, -0.2) is 53.9 Å². The van der Waals surface area contributed by atoms with Crippen molar-refractivity contribution in [1.29, 1.82) is 0 Å². The molecule has 2 aromatic rings. The zero-order chi connectivity index (χ0) is 23.6. The van der Waals surface area contributed by atoms with E-state index >= 15 is 0 Å². The first-order chi connectivity index (χ1) is 15.0. The number of nitrogens with one attached hydrogen (secondary N) is 1. The molecule has 0 spiro atoms. The van der Waals surface area contributed by atoms with E-state index < -0.39 is 47.1 Å². The van der Waals surface area contributed by atoms with Crippen LogP contribution in [0.4, 0.5) is 23.8 Å². The van der Waals surface area contributed by atoms with Crippen molar-refractivity contribution >= 4 is 17.9 Å². The Morgan fingerprint density at radius 3 is 2.34 bits per heavy atom. The molecule has 2 heterocycles. The topological polar surface area (TPSA) is 93.7 Å². The van der Waals surface area contributed by atoms with E-state index in [-0.39, 0.29) is 24.3 Å². The van der Waals surface area contributed by atoms with Gasteiger partial charge in [0.1, 0.15) is 17.2 Å². The molecule has 2 atom stereocenters. The van der Waals surface area contributed by atoms with Gasteiger partial charge in [-0.15, -0.1) is 0 Å². The summed E-state index contributed by atoms with van der Waals surface area (Å²) in [5, 5.41) is 2.68. The Balaban J connectivity index is 1.89. The third kappa shape index (κ3) is 5.27. The summed E-state index contributed by atoms with van der Waals surface area (Å²) in [5.41, 5.74) is -0.853. The number of anilines is 1. The summed E-state index contributed by atoms with van der Waals surface area (Å²) in [4.78, 5) is 33.7. The number of benzene rings is 1. The predicted octanol–water partition coefficient (Wildman–Crippen LogP) is 3.18. The van der Waals surface area contributed by atoms with Gasteiger partial charge in [-0.05, 0) is 32.4 Å². The summed E-state index contributed by atoms with van der Waals surface area (Å²) >= 11 is 0. The van der Waals surface area contributed by atoms with Gasteiger partial charge in [0.2, 0.25) is 0 Å². The van der Waals surface area contributed by atoms with Gasteiger partial charge in [0.25, 0.3) is 0 Å². The Morgan fingerprint density at radius 2 is 1.75 bits per heavy atom. The molecule has 1 N–H and O–H groups in total. The molecule has 32 heavy (non-hydrogen) atoms. The lowest BCUT2D eigenvalue weighted by atomic mass is 9.93. The third-order valence-electron chi connectivity index (χ3n) is 4.82. The first kappa shape index (κ1) is 23.3. The summed E-state index contributed by atoms with van der Waals surface area (Å²) in [5.74, 6) is -4.48. The van der Waals surface area contributed by atoms with Crippen molar-refractivity contribution in [2.24, 2.45) is 0 Å². The number of ether oxygens (including phenoxy) is 2. The molecule has 1 aromatic heterocycles. The van der Waals surface area contributed by atoms with Crippen molar-refractivity contribution in [3.8, 4) is 0 Å². The molecule has 0 unspecified atom stereocenters. The SMILES string of the molecule is COC(=O)c1cnc(N2C[C@H](NC(=O)OC(C)(C)C)[C@@H](c3cc(F)c(F)cc3F)C2)cn1. The standard InChI is InChI=1S/C21H23F3N4O4/c1-21(2,3)32-20(30)27-17-10-28(18-8-25-16(7-26-18)19(29)31-4)9-12(17)11-5-14(23)15(24)6-13(11)22/h5-8,12,17H,9-10H2,1-4H3,(H,27,30)/t12-,17+/m1/s1. The maximum absolute atomic E-state index is 14.5. The maximum Gasteiger partial charge on any atom is 0.407 e. The second kappa shape index (κ2) is 9.01. The number of methoxy groups -OCH3 is 1. The first-order valence-corrected chi connectivity index (χ1v) is 9.77. The summed E-state index contributed by atoms with van der Waals surface area (Å²) < 4.78 is 51.7. The van der Waals surface area contributed by atoms with Crippen LogP contribution in [0.25, 0.3) is 0 Å². The van der Waals surface area contributed by atoms with Crippen LogP contribution in [0.5, 0.6) is 0 Å². The second-order valence-corrected chi connectivity index (χ2v) is 8.30. The molecule has 0 radical (unpaired) electrons. The van der Waals surface area contributed by atoms with Gasteiger partial charge >= 0.3 is 12.1 Å². The molecule has 172 valence electrons. The van der Waals surface area contributed by atoms with E-state index in [0.29, 0.717) is 11.9 Å². The lowest BCUT2D eigenvalue weighted by Crippen LogP contribution is -2.43. The zero-order valence-electron chi connectivity index (χ0n) is 18.0. The molecule has 1 aliphatic heterocycles. The Bertz CT molecular complexity index is 1010. The van der Waals surface area contributed by atoms with Crippen LogP contribution in [-0.2, 0) is 9.47 Å². The number of hydrogen-bond donors (Lipinski definition) is 1. The average Bonchev–Trinajstić information content (AvgIpc) is 3.12. The molecule has 1 fully saturated rings. The number of carbonyl (C=O) groups is 2. The normalized spacial score (nSPS) is 18.4. The number of nitrogens with zero attached hydrogens (tertiary/aromatic N) is 3. The summed E-state index contributed by atoms with van der Waals surface area (Å²) in [6.07, 6.45) is 1.83. The monoisotopic (exact) mass is 452 g/mol. The second-order valence-electron chi connectivity index (χ2n) is 8.30. The molecule has 11 heteroatoms. The van der Waals surface area contributed by atoms with Gasteiger partial charge in [0, 0.05) is 25.1 Å². The fourth-order valence-electron chi connectivity index (χ4n) is 3.43. The van der Waals surface area contributed by atoms with Gasteiger partial charge < -0.3 is 19.7 Å². The van der Waals surface area contributed by atoms with Gasteiger partial charge in [-0.1, -0.05) is 0 Å². The minimum atomic E-state index is -1.30. The highest BCUT2D eigenvalue weighted by Crippen LogP contribution is 2.33. The molecule has 8 nitrogen and oxygen atoms in total. The maximum atomic E-state index is 14.5. The highest BCUT2D eigenvalue weighted by Gasteiger charge is 2.38. The van der Waals surface area contributed by atoms with Crippen molar-refractivity contribution in [3.05, 3.63) is 53.2 Å². The molecule has 1 aliphatic rings. The van der Waals surface area contributed by atoms with Crippen LogP contribution in [0.2, 0.25) is 0 Å². The van der Waals surface area contributed by atoms with Crippen LogP contribution in [0, 0.1) is 17.5 Å². The lowest BCUT2D eigenvalue weighted by Gasteiger charge is -2.24. The van der Waals surface area contributed by atoms with Gasteiger partial charge in [-0.3, -0.25) is 0 Å². The third-order valence-corrected chi connectivity index (χ3v) is 4.82. The molecule has 0 bridgehead atoms. The van der Waals surface area contributed by atoms with Gasteiger partial charge in [0.15, 0.2) is 17.3 Å². The highest BCUT2D eigenvalue weighted by molar-refractivity contribution is 5.86. The molecule has 1 aromatic carbocycles. The fourth-order valence-corrected chi connectivity index (χ4v) is 3.43. The van der Waals surface area contributed by atoms with Crippen LogP contribution in [0.3, 0.4) is 0 Å². The quantitative estimate of drug-likeness (QED) is 0.563. The molecule has 0 saturated carbocycles. The minimum Gasteiger partial charge on any atom is -0.464 e. The lowest BCUT2D eigenvalue weighted by molar-refractivity contribution is 0.0503. The van der Waals surface area contributed by atoms with Crippen LogP contribution in [0.15, 0.2) is 24.5 Å². The van der Waals surface area contributed by atoms with E-state index in [0.717, 1.165) is 6.07 Å². The molecule has 1 amide bonds. The predicted molar refractivity (Wildman–Crippen MR) is 108 cm³/mol. The number of amides is 1. The minimum absolute atomic E-state index is 0.00192. The van der Waals surface area contributed by atoms with Crippen molar-refractivity contribution in [1.82, 2.24) is 15.3 Å². The molecule has 1 saturated heterocycles. The van der Waals surface area contributed by atoms with E-state index in [1.807, 2.05) is 0 Å². The van der Waals surface area contributed by atoms with E-state index in [1.165, 1.54) is 19.5 Å². The Kier molecular flexibility index (Phi) is 6.56. The number of hydrogen-bond acceptors (Lipinski definition) is 7. The zero-order valence-corrected chi connectivity index (χ0v) is 18.0. The number of rotatable bonds is 4.